The molecule has 0 aromatic carbocycles. The third-order valence-electron chi connectivity index (χ3n) is 5.85. The van der Waals surface area contributed by atoms with Gasteiger partial charge in [-0.05, 0) is 30.1 Å². The van der Waals surface area contributed by atoms with E-state index in [9.17, 15) is 4.79 Å². The van der Waals surface area contributed by atoms with E-state index in [-0.39, 0.29) is 11.4 Å². The fraction of sp³-hybridized carbons (Fsp3) is 0.929. The Morgan fingerprint density at radius 3 is 2.12 bits per heavy atom. The molecule has 1 N–H and O–H groups in total. The van der Waals surface area contributed by atoms with E-state index in [0.29, 0.717) is 23.4 Å². The summed E-state index contributed by atoms with van der Waals surface area (Å²) in [6, 6.07) is 0. The summed E-state index contributed by atoms with van der Waals surface area (Å²) in [5.41, 5.74) is 0.389. The van der Waals surface area contributed by atoms with Gasteiger partial charge in [-0.25, -0.2) is 0 Å². The highest BCUT2D eigenvalue weighted by atomic mass is 16.2. The van der Waals surface area contributed by atoms with E-state index in [2.05, 4.69) is 39.9 Å². The van der Waals surface area contributed by atoms with Crippen molar-refractivity contribution in [2.45, 2.75) is 53.5 Å². The first-order valence-corrected chi connectivity index (χ1v) is 6.71. The van der Waals surface area contributed by atoms with E-state index in [1.54, 1.807) is 0 Å². The second kappa shape index (κ2) is 3.47. The minimum absolute atomic E-state index is 0.276. The van der Waals surface area contributed by atoms with Gasteiger partial charge in [0.1, 0.15) is 0 Å². The molecule has 0 aromatic heterocycles. The predicted octanol–water partition coefficient (Wildman–Crippen LogP) is 2.23. The smallest absolute Gasteiger partial charge is 0.243 e. The van der Waals surface area contributed by atoms with Gasteiger partial charge in [-0.15, -0.1) is 0 Å². The maximum atomic E-state index is 12.3. The molecule has 0 radical (unpaired) electrons. The van der Waals surface area contributed by atoms with Gasteiger partial charge in [0.15, 0.2) is 0 Å². The Morgan fingerprint density at radius 2 is 1.76 bits per heavy atom. The van der Waals surface area contributed by atoms with Crippen LogP contribution in [0.4, 0.5) is 0 Å². The van der Waals surface area contributed by atoms with Crippen LogP contribution in [0.5, 0.6) is 0 Å². The van der Waals surface area contributed by atoms with Crippen LogP contribution in [0.15, 0.2) is 0 Å². The van der Waals surface area contributed by atoms with Crippen LogP contribution in [-0.2, 0) is 4.79 Å². The van der Waals surface area contributed by atoms with Crippen LogP contribution in [-0.4, -0.2) is 29.6 Å². The molecule has 2 fully saturated rings. The minimum atomic E-state index is -0.330. The fourth-order valence-electron chi connectivity index (χ4n) is 3.20. The highest BCUT2D eigenvalue weighted by molar-refractivity contribution is 5.87. The van der Waals surface area contributed by atoms with Crippen LogP contribution in [0.3, 0.4) is 0 Å². The number of carbonyl (C=O) groups is 1. The number of rotatable bonds is 3. The third-order valence-corrected chi connectivity index (χ3v) is 5.85. The summed E-state index contributed by atoms with van der Waals surface area (Å²) in [6.45, 7) is 14.9. The second-order valence-corrected chi connectivity index (χ2v) is 7.04. The monoisotopic (exact) mass is 238 g/mol. The van der Waals surface area contributed by atoms with E-state index in [1.807, 2.05) is 11.8 Å². The molecule has 0 bridgehead atoms. The highest BCUT2D eigenvalue weighted by Crippen LogP contribution is 2.68. The Bertz CT molecular complexity index is 334. The fourth-order valence-corrected chi connectivity index (χ4v) is 3.20. The maximum Gasteiger partial charge on any atom is 0.243 e. The molecule has 3 heteroatoms. The zero-order valence-corrected chi connectivity index (χ0v) is 12.1. The zero-order valence-electron chi connectivity index (χ0n) is 12.1. The molecule has 1 unspecified atom stereocenters. The lowest BCUT2D eigenvalue weighted by atomic mass is 9.99. The normalized spacial score (nSPS) is 35.4. The van der Waals surface area contributed by atoms with Crippen molar-refractivity contribution >= 4 is 5.91 Å². The first-order chi connectivity index (χ1) is 7.67. The lowest BCUT2D eigenvalue weighted by Crippen LogP contribution is -2.43. The molecular formula is C14H26N2O. The molecule has 1 aliphatic heterocycles. The molecule has 1 atom stereocenters. The number of amides is 1. The maximum absolute atomic E-state index is 12.3. The van der Waals surface area contributed by atoms with Gasteiger partial charge >= 0.3 is 0 Å². The highest BCUT2D eigenvalue weighted by Gasteiger charge is 2.65. The van der Waals surface area contributed by atoms with Crippen molar-refractivity contribution in [3.63, 3.8) is 0 Å². The molecule has 2 rings (SSSR count). The molecule has 3 nitrogen and oxygen atoms in total. The summed E-state index contributed by atoms with van der Waals surface area (Å²) < 4.78 is 0. The molecule has 1 heterocycles. The summed E-state index contributed by atoms with van der Waals surface area (Å²) in [5, 5.41) is 3.35. The average Bonchev–Trinajstić information content (AvgIpc) is 2.52. The summed E-state index contributed by atoms with van der Waals surface area (Å²) in [7, 11) is 0. The van der Waals surface area contributed by atoms with E-state index < -0.39 is 0 Å². The Labute approximate surface area is 105 Å². The largest absolute Gasteiger partial charge is 0.328 e. The van der Waals surface area contributed by atoms with Crippen LogP contribution < -0.4 is 5.32 Å². The lowest BCUT2D eigenvalue weighted by molar-refractivity contribution is -0.132. The van der Waals surface area contributed by atoms with E-state index in [0.717, 1.165) is 13.0 Å². The molecular weight excluding hydrogens is 212 g/mol. The van der Waals surface area contributed by atoms with Gasteiger partial charge in [0.25, 0.3) is 0 Å². The molecule has 1 saturated carbocycles. The third kappa shape index (κ3) is 1.62. The van der Waals surface area contributed by atoms with Crippen molar-refractivity contribution in [3.05, 3.63) is 0 Å². The van der Waals surface area contributed by atoms with Crippen LogP contribution in [0, 0.1) is 16.7 Å². The van der Waals surface area contributed by atoms with Crippen molar-refractivity contribution in [2.75, 3.05) is 13.2 Å². The molecule has 1 amide bonds. The van der Waals surface area contributed by atoms with Gasteiger partial charge < -0.3 is 4.90 Å². The number of nitrogens with zero attached hydrogens (tertiary/aromatic N) is 1. The lowest BCUT2D eigenvalue weighted by Gasteiger charge is -2.21. The Morgan fingerprint density at radius 1 is 1.24 bits per heavy atom. The number of nitrogens with one attached hydrogen (secondary N) is 1. The Hall–Kier alpha value is -0.570. The second-order valence-electron chi connectivity index (χ2n) is 7.04. The quantitative estimate of drug-likeness (QED) is 0.817. The molecule has 0 spiro atoms. The summed E-state index contributed by atoms with van der Waals surface area (Å²) in [4.78, 5) is 14.3. The van der Waals surface area contributed by atoms with Gasteiger partial charge in [0.05, 0.1) is 12.2 Å². The van der Waals surface area contributed by atoms with Crippen LogP contribution in [0.1, 0.15) is 48.0 Å². The number of hydrogen-bond acceptors (Lipinski definition) is 2. The van der Waals surface area contributed by atoms with Gasteiger partial charge in [-0.1, -0.05) is 34.6 Å². The molecule has 98 valence electrons. The van der Waals surface area contributed by atoms with Crippen molar-refractivity contribution < 1.29 is 4.79 Å². The van der Waals surface area contributed by atoms with Crippen molar-refractivity contribution in [3.8, 4) is 0 Å². The van der Waals surface area contributed by atoms with E-state index in [4.69, 9.17) is 0 Å². The number of hydrogen-bond donors (Lipinski definition) is 1. The molecule has 0 aromatic rings. The van der Waals surface area contributed by atoms with Gasteiger partial charge in [-0.2, -0.15) is 0 Å². The molecule has 1 aliphatic carbocycles. The first-order valence-electron chi connectivity index (χ1n) is 6.71. The van der Waals surface area contributed by atoms with E-state index in [1.165, 1.54) is 0 Å². The van der Waals surface area contributed by atoms with E-state index >= 15 is 0 Å². The molecule has 2 aliphatic rings. The Balaban J connectivity index is 2.02. The van der Waals surface area contributed by atoms with Crippen molar-refractivity contribution in [1.82, 2.24) is 10.2 Å². The van der Waals surface area contributed by atoms with Crippen LogP contribution in [0.2, 0.25) is 0 Å². The Kier molecular flexibility index (Phi) is 2.63. The van der Waals surface area contributed by atoms with Crippen molar-refractivity contribution in [1.29, 1.82) is 0 Å². The minimum Gasteiger partial charge on any atom is -0.328 e. The summed E-state index contributed by atoms with van der Waals surface area (Å²) in [5.74, 6) is 0.901. The van der Waals surface area contributed by atoms with Crippen LogP contribution >= 0.6 is 0 Å². The predicted molar refractivity (Wildman–Crippen MR) is 69.5 cm³/mol. The van der Waals surface area contributed by atoms with Gasteiger partial charge in [0, 0.05) is 6.54 Å². The summed E-state index contributed by atoms with van der Waals surface area (Å²) >= 11 is 0. The number of carbonyl (C=O) groups excluding carboxylic acids is 1. The van der Waals surface area contributed by atoms with Crippen molar-refractivity contribution in [2.24, 2.45) is 16.7 Å². The molecule has 17 heavy (non-hydrogen) atoms. The SMILES string of the molecule is CCC1(C)NCN(CC2C(C)(C)C2(C)C)C1=O. The first kappa shape index (κ1) is 12.9. The van der Waals surface area contributed by atoms with Gasteiger partial charge in [0.2, 0.25) is 5.91 Å². The zero-order chi connectivity index (χ0) is 13.1. The standard InChI is InChI=1S/C14H26N2O/c1-7-14(6)11(17)16(9-15-14)8-10-12(2,3)13(10,4)5/h10,15H,7-9H2,1-6H3. The molecule has 1 saturated heterocycles. The topological polar surface area (TPSA) is 32.3 Å². The van der Waals surface area contributed by atoms with Crippen LogP contribution in [0.25, 0.3) is 0 Å². The average molecular weight is 238 g/mol. The van der Waals surface area contributed by atoms with Gasteiger partial charge in [-0.3, -0.25) is 10.1 Å². The summed E-state index contributed by atoms with van der Waals surface area (Å²) in [6.07, 6.45) is 0.861.